The molecule has 0 N–H and O–H groups in total. The van der Waals surface area contributed by atoms with Crippen LogP contribution in [0.2, 0.25) is 0 Å². The maximum atomic E-state index is 4.33. The number of hydrogen-bond donors (Lipinski definition) is 0. The van der Waals surface area contributed by atoms with Gasteiger partial charge in [0.1, 0.15) is 0 Å². The van der Waals surface area contributed by atoms with E-state index in [0.717, 1.165) is 11.9 Å². The largest absolute Gasteiger partial charge is 0.245 e. The molecule has 1 heterocycles. The second-order valence-electron chi connectivity index (χ2n) is 4.86. The standard InChI is InChI=1S/C12H15NS/c1-12(2,3)7-9-5-4-6-10-11(9)14-8-13-10/h4-6,8H,7H2,1-3H3. The quantitative estimate of drug-likeness (QED) is 0.688. The van der Waals surface area contributed by atoms with Crippen molar-refractivity contribution < 1.29 is 0 Å². The van der Waals surface area contributed by atoms with Gasteiger partial charge in [0.15, 0.2) is 0 Å². The second-order valence-corrected chi connectivity index (χ2v) is 5.71. The molecule has 0 bridgehead atoms. The van der Waals surface area contributed by atoms with Crippen LogP contribution in [0.25, 0.3) is 10.2 Å². The summed E-state index contributed by atoms with van der Waals surface area (Å²) in [6.07, 6.45) is 1.12. The zero-order valence-corrected chi connectivity index (χ0v) is 9.69. The van der Waals surface area contributed by atoms with Crippen molar-refractivity contribution in [2.24, 2.45) is 5.41 Å². The molecule has 1 aromatic carbocycles. The summed E-state index contributed by atoms with van der Waals surface area (Å²) in [5.41, 5.74) is 4.84. The van der Waals surface area contributed by atoms with E-state index in [1.54, 1.807) is 11.3 Å². The van der Waals surface area contributed by atoms with E-state index in [2.05, 4.69) is 44.0 Å². The third kappa shape index (κ3) is 1.95. The summed E-state index contributed by atoms with van der Waals surface area (Å²) in [4.78, 5) is 4.33. The first kappa shape index (κ1) is 9.66. The monoisotopic (exact) mass is 205 g/mol. The fourth-order valence-electron chi connectivity index (χ4n) is 1.66. The summed E-state index contributed by atoms with van der Waals surface area (Å²) in [5, 5.41) is 0. The number of fused-ring (bicyclic) bond motifs is 1. The van der Waals surface area contributed by atoms with E-state index in [1.807, 2.05) is 5.51 Å². The lowest BCUT2D eigenvalue weighted by atomic mass is 9.88. The highest BCUT2D eigenvalue weighted by Gasteiger charge is 2.13. The Labute approximate surface area is 88.8 Å². The molecular weight excluding hydrogens is 190 g/mol. The topological polar surface area (TPSA) is 12.9 Å². The van der Waals surface area contributed by atoms with Crippen molar-refractivity contribution in [2.75, 3.05) is 0 Å². The van der Waals surface area contributed by atoms with E-state index in [0.29, 0.717) is 5.41 Å². The molecule has 0 spiro atoms. The highest BCUT2D eigenvalue weighted by Crippen LogP contribution is 2.28. The van der Waals surface area contributed by atoms with Crippen LogP contribution in [-0.4, -0.2) is 4.98 Å². The third-order valence-corrected chi connectivity index (χ3v) is 3.08. The number of thiazole rings is 1. The van der Waals surface area contributed by atoms with Crippen LogP contribution in [0.4, 0.5) is 0 Å². The molecule has 0 saturated carbocycles. The number of hydrogen-bond acceptors (Lipinski definition) is 2. The van der Waals surface area contributed by atoms with E-state index in [4.69, 9.17) is 0 Å². The van der Waals surface area contributed by atoms with Gasteiger partial charge in [0.2, 0.25) is 0 Å². The molecule has 0 aliphatic heterocycles. The Balaban J connectivity index is 2.46. The molecule has 1 aromatic heterocycles. The van der Waals surface area contributed by atoms with Gasteiger partial charge in [-0.15, -0.1) is 11.3 Å². The Bertz CT molecular complexity index is 437. The van der Waals surface area contributed by atoms with E-state index >= 15 is 0 Å². The van der Waals surface area contributed by atoms with Crippen LogP contribution >= 0.6 is 11.3 Å². The van der Waals surface area contributed by atoms with E-state index in [1.165, 1.54) is 10.3 Å². The van der Waals surface area contributed by atoms with Crippen LogP contribution < -0.4 is 0 Å². The van der Waals surface area contributed by atoms with E-state index in [9.17, 15) is 0 Å². The van der Waals surface area contributed by atoms with Gasteiger partial charge in [0.05, 0.1) is 15.7 Å². The summed E-state index contributed by atoms with van der Waals surface area (Å²) in [5.74, 6) is 0. The van der Waals surface area contributed by atoms with Gasteiger partial charge < -0.3 is 0 Å². The first-order valence-electron chi connectivity index (χ1n) is 4.87. The average molecular weight is 205 g/mol. The molecular formula is C12H15NS. The van der Waals surface area contributed by atoms with Crippen LogP contribution in [0.5, 0.6) is 0 Å². The SMILES string of the molecule is CC(C)(C)Cc1cccc2ncsc12. The van der Waals surface area contributed by atoms with E-state index in [-0.39, 0.29) is 0 Å². The Kier molecular flexibility index (Phi) is 2.31. The summed E-state index contributed by atoms with van der Waals surface area (Å²) in [6, 6.07) is 6.40. The van der Waals surface area contributed by atoms with Gasteiger partial charge in [0.25, 0.3) is 0 Å². The van der Waals surface area contributed by atoms with Gasteiger partial charge in [-0.2, -0.15) is 0 Å². The van der Waals surface area contributed by atoms with Gasteiger partial charge in [0, 0.05) is 0 Å². The van der Waals surface area contributed by atoms with Gasteiger partial charge >= 0.3 is 0 Å². The Morgan fingerprint density at radius 1 is 1.29 bits per heavy atom. The number of nitrogens with zero attached hydrogens (tertiary/aromatic N) is 1. The molecule has 0 saturated heterocycles. The maximum Gasteiger partial charge on any atom is 0.0814 e. The average Bonchev–Trinajstić information content (AvgIpc) is 2.49. The molecule has 0 aliphatic rings. The Hall–Kier alpha value is -0.890. The number of aromatic nitrogens is 1. The predicted octanol–water partition coefficient (Wildman–Crippen LogP) is 3.88. The molecule has 0 unspecified atom stereocenters. The van der Waals surface area contributed by atoms with Crippen molar-refractivity contribution in [3.63, 3.8) is 0 Å². The highest BCUT2D eigenvalue weighted by molar-refractivity contribution is 7.16. The van der Waals surface area contributed by atoms with Crippen LogP contribution in [0.3, 0.4) is 0 Å². The lowest BCUT2D eigenvalue weighted by Gasteiger charge is -2.18. The van der Waals surface area contributed by atoms with Crippen molar-refractivity contribution in [1.82, 2.24) is 4.98 Å². The molecule has 2 aromatic rings. The fraction of sp³-hybridized carbons (Fsp3) is 0.417. The minimum absolute atomic E-state index is 0.346. The molecule has 0 atom stereocenters. The normalized spacial score (nSPS) is 12.2. The van der Waals surface area contributed by atoms with Crippen LogP contribution in [0.1, 0.15) is 26.3 Å². The molecule has 0 aliphatic carbocycles. The van der Waals surface area contributed by atoms with Gasteiger partial charge in [-0.25, -0.2) is 4.98 Å². The maximum absolute atomic E-state index is 4.33. The van der Waals surface area contributed by atoms with Crippen molar-refractivity contribution in [3.05, 3.63) is 29.3 Å². The molecule has 0 radical (unpaired) electrons. The summed E-state index contributed by atoms with van der Waals surface area (Å²) in [6.45, 7) is 6.81. The lowest BCUT2D eigenvalue weighted by Crippen LogP contribution is -2.08. The molecule has 2 rings (SSSR count). The van der Waals surface area contributed by atoms with Crippen molar-refractivity contribution in [1.29, 1.82) is 0 Å². The summed E-state index contributed by atoms with van der Waals surface area (Å²) in [7, 11) is 0. The Morgan fingerprint density at radius 3 is 2.79 bits per heavy atom. The smallest absolute Gasteiger partial charge is 0.0814 e. The molecule has 74 valence electrons. The van der Waals surface area contributed by atoms with E-state index < -0.39 is 0 Å². The second kappa shape index (κ2) is 3.35. The number of rotatable bonds is 1. The van der Waals surface area contributed by atoms with Crippen LogP contribution in [0, 0.1) is 5.41 Å². The van der Waals surface area contributed by atoms with Crippen LogP contribution in [0.15, 0.2) is 23.7 Å². The summed E-state index contributed by atoms with van der Waals surface area (Å²) >= 11 is 1.74. The van der Waals surface area contributed by atoms with Crippen molar-refractivity contribution >= 4 is 21.6 Å². The first-order chi connectivity index (χ1) is 6.56. The molecule has 0 amide bonds. The molecule has 0 fully saturated rings. The number of benzene rings is 1. The van der Waals surface area contributed by atoms with Crippen molar-refractivity contribution in [3.8, 4) is 0 Å². The zero-order chi connectivity index (χ0) is 10.2. The van der Waals surface area contributed by atoms with Gasteiger partial charge in [-0.3, -0.25) is 0 Å². The van der Waals surface area contributed by atoms with Crippen molar-refractivity contribution in [2.45, 2.75) is 27.2 Å². The predicted molar refractivity (Wildman–Crippen MR) is 62.8 cm³/mol. The van der Waals surface area contributed by atoms with Gasteiger partial charge in [-0.05, 0) is 23.5 Å². The first-order valence-corrected chi connectivity index (χ1v) is 5.75. The molecule has 1 nitrogen and oxygen atoms in total. The molecule has 2 heteroatoms. The highest BCUT2D eigenvalue weighted by atomic mass is 32.1. The molecule has 14 heavy (non-hydrogen) atoms. The lowest BCUT2D eigenvalue weighted by molar-refractivity contribution is 0.413. The van der Waals surface area contributed by atoms with Crippen LogP contribution in [-0.2, 0) is 6.42 Å². The minimum Gasteiger partial charge on any atom is -0.245 e. The fourth-order valence-corrected chi connectivity index (χ4v) is 2.46. The third-order valence-electron chi connectivity index (χ3n) is 2.16. The van der Waals surface area contributed by atoms with Gasteiger partial charge in [-0.1, -0.05) is 32.9 Å². The summed E-state index contributed by atoms with van der Waals surface area (Å²) < 4.78 is 1.35. The Morgan fingerprint density at radius 2 is 2.07 bits per heavy atom. The zero-order valence-electron chi connectivity index (χ0n) is 8.87. The minimum atomic E-state index is 0.346.